The third-order valence-corrected chi connectivity index (χ3v) is 7.81. The minimum absolute atomic E-state index is 0.0482. The summed E-state index contributed by atoms with van der Waals surface area (Å²) in [6, 6.07) is 11.7. The van der Waals surface area contributed by atoms with Gasteiger partial charge in [-0.1, -0.05) is 33.8 Å². The number of rotatable bonds is 7. The molecule has 1 heterocycles. The number of hydrogen-bond donors (Lipinski definition) is 1. The molecule has 1 aliphatic rings. The summed E-state index contributed by atoms with van der Waals surface area (Å²) in [5, 5.41) is 2.88. The quantitative estimate of drug-likeness (QED) is 0.689. The van der Waals surface area contributed by atoms with E-state index in [4.69, 9.17) is 0 Å². The van der Waals surface area contributed by atoms with Gasteiger partial charge >= 0.3 is 0 Å². The smallest absolute Gasteiger partial charge is 0.255 e. The number of carbonyl (C=O) groups excluding carboxylic acids is 2. The summed E-state index contributed by atoms with van der Waals surface area (Å²) in [6.45, 7) is 9.39. The monoisotopic (exact) mass is 457 g/mol. The van der Waals surface area contributed by atoms with Gasteiger partial charge in [0.25, 0.3) is 5.91 Å². The highest BCUT2D eigenvalue weighted by molar-refractivity contribution is 7.89. The lowest BCUT2D eigenvalue weighted by Crippen LogP contribution is -2.38. The largest absolute Gasteiger partial charge is 0.338 e. The zero-order chi connectivity index (χ0) is 23.5. The number of nitrogens with one attached hydrogen (secondary N) is 1. The van der Waals surface area contributed by atoms with E-state index >= 15 is 0 Å². The van der Waals surface area contributed by atoms with Crippen LogP contribution in [0.15, 0.2) is 47.4 Å². The van der Waals surface area contributed by atoms with E-state index in [0.29, 0.717) is 37.4 Å². The highest BCUT2D eigenvalue weighted by Gasteiger charge is 2.24. The molecule has 0 unspecified atom stereocenters. The number of nitrogens with zero attached hydrogens (tertiary/aromatic N) is 2. The van der Waals surface area contributed by atoms with Crippen molar-refractivity contribution in [1.82, 2.24) is 9.21 Å². The van der Waals surface area contributed by atoms with Gasteiger partial charge in [-0.15, -0.1) is 0 Å². The first-order valence-electron chi connectivity index (χ1n) is 11.0. The maximum atomic E-state index is 12.7. The van der Waals surface area contributed by atoms with Gasteiger partial charge in [0.2, 0.25) is 15.9 Å². The number of sulfonamides is 1. The molecule has 7 nitrogen and oxygen atoms in total. The van der Waals surface area contributed by atoms with Gasteiger partial charge in [0.1, 0.15) is 0 Å². The first-order chi connectivity index (χ1) is 15.2. The van der Waals surface area contributed by atoms with Crippen LogP contribution in [0.25, 0.3) is 0 Å². The Kier molecular flexibility index (Phi) is 7.36. The molecule has 1 N–H and O–H groups in total. The van der Waals surface area contributed by atoms with Crippen molar-refractivity contribution in [2.75, 3.05) is 25.0 Å². The van der Waals surface area contributed by atoms with Crippen molar-refractivity contribution in [2.45, 2.75) is 45.6 Å². The first-order valence-corrected chi connectivity index (χ1v) is 12.4. The Morgan fingerprint density at radius 3 is 2.28 bits per heavy atom. The fourth-order valence-electron chi connectivity index (χ4n) is 3.88. The van der Waals surface area contributed by atoms with Crippen LogP contribution in [0.3, 0.4) is 0 Å². The van der Waals surface area contributed by atoms with Crippen LogP contribution in [0.4, 0.5) is 5.69 Å². The Morgan fingerprint density at radius 1 is 1.03 bits per heavy atom. The average Bonchev–Trinajstić information content (AvgIpc) is 2.78. The molecule has 2 aromatic rings. The van der Waals surface area contributed by atoms with Gasteiger partial charge in [0.05, 0.1) is 4.90 Å². The molecule has 0 aromatic heterocycles. The van der Waals surface area contributed by atoms with Crippen molar-refractivity contribution in [3.63, 3.8) is 0 Å². The van der Waals surface area contributed by atoms with E-state index in [2.05, 4.69) is 5.32 Å². The van der Waals surface area contributed by atoms with Crippen molar-refractivity contribution in [3.8, 4) is 0 Å². The van der Waals surface area contributed by atoms with E-state index in [-0.39, 0.29) is 22.6 Å². The predicted molar refractivity (Wildman–Crippen MR) is 125 cm³/mol. The molecule has 8 heteroatoms. The second-order valence-corrected chi connectivity index (χ2v) is 10.2. The second-order valence-electron chi connectivity index (χ2n) is 8.22. The van der Waals surface area contributed by atoms with Gasteiger partial charge < -0.3 is 10.2 Å². The summed E-state index contributed by atoms with van der Waals surface area (Å²) in [7, 11) is -3.56. The van der Waals surface area contributed by atoms with Crippen molar-refractivity contribution in [2.24, 2.45) is 5.92 Å². The average molecular weight is 458 g/mol. The lowest BCUT2D eigenvalue weighted by molar-refractivity contribution is -0.135. The molecule has 0 saturated heterocycles. The summed E-state index contributed by atoms with van der Waals surface area (Å²) < 4.78 is 26.6. The minimum atomic E-state index is -3.56. The lowest BCUT2D eigenvalue weighted by Gasteiger charge is -2.30. The molecule has 1 aliphatic heterocycles. The summed E-state index contributed by atoms with van der Waals surface area (Å²) in [5.41, 5.74) is 3.23. The van der Waals surface area contributed by atoms with Gasteiger partial charge in [0, 0.05) is 43.3 Å². The van der Waals surface area contributed by atoms with E-state index in [9.17, 15) is 18.0 Å². The van der Waals surface area contributed by atoms with Crippen LogP contribution in [-0.4, -0.2) is 49.1 Å². The van der Waals surface area contributed by atoms with E-state index in [0.717, 1.165) is 12.0 Å². The van der Waals surface area contributed by atoms with E-state index < -0.39 is 10.0 Å². The number of amides is 2. The molecular formula is C24H31N3O4S. The Hall–Kier alpha value is -2.71. The fourth-order valence-corrected chi connectivity index (χ4v) is 5.34. The molecule has 0 atom stereocenters. The Bertz CT molecular complexity index is 1090. The van der Waals surface area contributed by atoms with Crippen LogP contribution in [0.1, 0.15) is 49.2 Å². The van der Waals surface area contributed by atoms with Gasteiger partial charge in [0.15, 0.2) is 0 Å². The molecule has 0 bridgehead atoms. The van der Waals surface area contributed by atoms with Crippen LogP contribution < -0.4 is 5.32 Å². The maximum absolute atomic E-state index is 12.7. The predicted octanol–water partition coefficient (Wildman–Crippen LogP) is 3.51. The molecule has 2 amide bonds. The highest BCUT2D eigenvalue weighted by atomic mass is 32.2. The standard InChI is InChI=1S/C24H31N3O4S/c1-5-27(6-2)32(30,31)22-11-8-19(9-12-22)23(28)25-21-10-7-18-13-14-26(16-20(18)15-21)24(29)17(3)4/h7-12,15,17H,5-6,13-14,16H2,1-4H3,(H,25,28). The van der Waals surface area contributed by atoms with Crippen molar-refractivity contribution in [1.29, 1.82) is 0 Å². The number of benzene rings is 2. The fraction of sp³-hybridized carbons (Fsp3) is 0.417. The molecule has 32 heavy (non-hydrogen) atoms. The molecule has 0 spiro atoms. The van der Waals surface area contributed by atoms with Crippen LogP contribution >= 0.6 is 0 Å². The lowest BCUT2D eigenvalue weighted by atomic mass is 9.98. The highest BCUT2D eigenvalue weighted by Crippen LogP contribution is 2.24. The topological polar surface area (TPSA) is 86.8 Å². The maximum Gasteiger partial charge on any atom is 0.255 e. The van der Waals surface area contributed by atoms with E-state index in [1.54, 1.807) is 13.8 Å². The number of fused-ring (bicyclic) bond motifs is 1. The molecule has 0 aliphatic carbocycles. The number of hydrogen-bond acceptors (Lipinski definition) is 4. The molecule has 0 saturated carbocycles. The molecular weight excluding hydrogens is 426 g/mol. The third kappa shape index (κ3) is 5.02. The summed E-state index contributed by atoms with van der Waals surface area (Å²) in [6.07, 6.45) is 0.796. The first kappa shape index (κ1) is 23.9. The second kappa shape index (κ2) is 9.83. The van der Waals surface area contributed by atoms with Crippen LogP contribution in [0, 0.1) is 5.92 Å². The zero-order valence-corrected chi connectivity index (χ0v) is 19.9. The van der Waals surface area contributed by atoms with Crippen molar-refractivity contribution in [3.05, 3.63) is 59.2 Å². The van der Waals surface area contributed by atoms with Crippen molar-refractivity contribution >= 4 is 27.5 Å². The van der Waals surface area contributed by atoms with Gasteiger partial charge in [-0.25, -0.2) is 8.42 Å². The SMILES string of the molecule is CCN(CC)S(=O)(=O)c1ccc(C(=O)Nc2ccc3c(c2)CN(C(=O)C(C)C)CC3)cc1. The van der Waals surface area contributed by atoms with E-state index in [1.807, 2.05) is 36.9 Å². The number of carbonyl (C=O) groups is 2. The zero-order valence-electron chi connectivity index (χ0n) is 19.1. The Labute approximate surface area is 190 Å². The van der Waals surface area contributed by atoms with Crippen LogP contribution in [0.5, 0.6) is 0 Å². The number of anilines is 1. The van der Waals surface area contributed by atoms with Crippen LogP contribution in [-0.2, 0) is 27.8 Å². The summed E-state index contributed by atoms with van der Waals surface area (Å²) >= 11 is 0. The normalized spacial score (nSPS) is 13.9. The van der Waals surface area contributed by atoms with Crippen LogP contribution in [0.2, 0.25) is 0 Å². The van der Waals surface area contributed by atoms with Gasteiger partial charge in [-0.05, 0) is 53.9 Å². The summed E-state index contributed by atoms with van der Waals surface area (Å²) in [4.78, 5) is 27.1. The molecule has 172 valence electrons. The molecule has 3 rings (SSSR count). The molecule has 2 aromatic carbocycles. The molecule has 0 radical (unpaired) electrons. The van der Waals surface area contributed by atoms with E-state index in [1.165, 1.54) is 34.1 Å². The third-order valence-electron chi connectivity index (χ3n) is 5.74. The van der Waals surface area contributed by atoms with Gasteiger partial charge in [-0.2, -0.15) is 4.31 Å². The van der Waals surface area contributed by atoms with Crippen molar-refractivity contribution < 1.29 is 18.0 Å². The summed E-state index contributed by atoms with van der Waals surface area (Å²) in [5.74, 6) is -0.236. The minimum Gasteiger partial charge on any atom is -0.338 e. The Morgan fingerprint density at radius 2 is 1.69 bits per heavy atom. The Balaban J connectivity index is 1.73. The molecule has 0 fully saturated rings. The van der Waals surface area contributed by atoms with Gasteiger partial charge in [-0.3, -0.25) is 9.59 Å².